The molecule has 1 unspecified atom stereocenters. The Labute approximate surface area is 217 Å². The molecule has 0 aliphatic carbocycles. The molecule has 1 aliphatic rings. The normalized spacial score (nSPS) is 15.5. The molecule has 192 valence electrons. The number of methoxy groups -OCH3 is 1. The first-order chi connectivity index (χ1) is 18.1. The van der Waals surface area contributed by atoms with E-state index >= 15 is 0 Å². The first-order valence-corrected chi connectivity index (χ1v) is 12.8. The number of piperazine rings is 1. The first-order valence-electron chi connectivity index (χ1n) is 12.8. The molecular formula is C29H34N6O2. The van der Waals surface area contributed by atoms with Crippen molar-refractivity contribution in [3.05, 3.63) is 78.1 Å². The van der Waals surface area contributed by atoms with E-state index in [0.717, 1.165) is 67.4 Å². The molecule has 8 heteroatoms. The lowest BCUT2D eigenvalue weighted by Gasteiger charge is -2.34. The van der Waals surface area contributed by atoms with E-state index in [0.29, 0.717) is 6.42 Å². The van der Waals surface area contributed by atoms with E-state index in [-0.39, 0.29) is 12.0 Å². The standard InChI is InChI=1S/C29H34N6O2/c1-21(23-6-4-3-5-7-23)32-28-25-18-26(33-29(25)31-20-30-28)24-10-8-22(9-11-24)19-35-16-14-34(15-17-35)13-12-27(36)37-2/h3-11,18,20-21H,12-17,19H2,1-2H3,(H2,30,31,32,33). The van der Waals surface area contributed by atoms with Crippen molar-refractivity contribution in [2.75, 3.05) is 45.2 Å². The maximum Gasteiger partial charge on any atom is 0.306 e. The summed E-state index contributed by atoms with van der Waals surface area (Å²) in [5.41, 5.74) is 5.47. The van der Waals surface area contributed by atoms with Crippen LogP contribution in [-0.2, 0) is 16.1 Å². The highest BCUT2D eigenvalue weighted by Crippen LogP contribution is 2.29. The predicted octanol–water partition coefficient (Wildman–Crippen LogP) is 4.48. The average molecular weight is 499 g/mol. The fourth-order valence-electron chi connectivity index (χ4n) is 4.81. The van der Waals surface area contributed by atoms with E-state index in [1.807, 2.05) is 6.07 Å². The first kappa shape index (κ1) is 24.9. The van der Waals surface area contributed by atoms with Gasteiger partial charge in [-0.15, -0.1) is 0 Å². The molecule has 1 atom stereocenters. The second-order valence-electron chi connectivity index (χ2n) is 9.59. The van der Waals surface area contributed by atoms with Crippen molar-refractivity contribution < 1.29 is 9.53 Å². The summed E-state index contributed by atoms with van der Waals surface area (Å²) < 4.78 is 4.75. The van der Waals surface area contributed by atoms with E-state index in [4.69, 9.17) is 4.74 Å². The molecule has 1 fully saturated rings. The largest absolute Gasteiger partial charge is 0.469 e. The Kier molecular flexibility index (Phi) is 7.77. The van der Waals surface area contributed by atoms with Gasteiger partial charge in [-0.3, -0.25) is 9.69 Å². The highest BCUT2D eigenvalue weighted by molar-refractivity contribution is 5.91. The monoisotopic (exact) mass is 498 g/mol. The van der Waals surface area contributed by atoms with Gasteiger partial charge in [0.25, 0.3) is 0 Å². The number of carbonyl (C=O) groups excluding carboxylic acids is 1. The smallest absolute Gasteiger partial charge is 0.306 e. The Morgan fingerprint density at radius 3 is 2.49 bits per heavy atom. The zero-order valence-electron chi connectivity index (χ0n) is 21.5. The van der Waals surface area contributed by atoms with Gasteiger partial charge in [-0.2, -0.15) is 0 Å². The summed E-state index contributed by atoms with van der Waals surface area (Å²) >= 11 is 0. The second-order valence-corrected chi connectivity index (χ2v) is 9.59. The minimum Gasteiger partial charge on any atom is -0.469 e. The zero-order valence-corrected chi connectivity index (χ0v) is 21.5. The SMILES string of the molecule is COC(=O)CCN1CCN(Cc2ccc(-c3cc4c(NC(C)c5ccccc5)ncnc4[nH]3)cc2)CC1. The molecule has 1 aliphatic heterocycles. The van der Waals surface area contributed by atoms with Gasteiger partial charge in [0.05, 0.1) is 18.9 Å². The van der Waals surface area contributed by atoms with E-state index in [1.54, 1.807) is 6.33 Å². The number of hydrogen-bond donors (Lipinski definition) is 2. The number of nitrogens with zero attached hydrogens (tertiary/aromatic N) is 4. The van der Waals surface area contributed by atoms with E-state index in [2.05, 4.69) is 91.6 Å². The van der Waals surface area contributed by atoms with E-state index in [9.17, 15) is 4.79 Å². The molecule has 0 saturated carbocycles. The average Bonchev–Trinajstić information content (AvgIpc) is 3.39. The molecule has 5 rings (SSSR count). The molecule has 0 spiro atoms. The number of fused-ring (bicyclic) bond motifs is 1. The van der Waals surface area contributed by atoms with Crippen LogP contribution in [0.15, 0.2) is 67.0 Å². The van der Waals surface area contributed by atoms with Crippen LogP contribution in [-0.4, -0.2) is 70.6 Å². The molecule has 0 amide bonds. The van der Waals surface area contributed by atoms with Gasteiger partial charge in [0.15, 0.2) is 0 Å². The number of aromatic amines is 1. The van der Waals surface area contributed by atoms with Crippen LogP contribution in [0, 0.1) is 0 Å². The van der Waals surface area contributed by atoms with E-state index in [1.165, 1.54) is 18.2 Å². The second kappa shape index (κ2) is 11.5. The number of H-pyrrole nitrogens is 1. The van der Waals surface area contributed by atoms with Crippen LogP contribution in [0.2, 0.25) is 0 Å². The van der Waals surface area contributed by atoms with Crippen molar-refractivity contribution in [3.63, 3.8) is 0 Å². The van der Waals surface area contributed by atoms with Crippen LogP contribution in [0.5, 0.6) is 0 Å². The molecule has 2 aromatic heterocycles. The van der Waals surface area contributed by atoms with Crippen molar-refractivity contribution in [3.8, 4) is 11.3 Å². The number of nitrogens with one attached hydrogen (secondary N) is 2. The van der Waals surface area contributed by atoms with E-state index < -0.39 is 0 Å². The molecule has 2 N–H and O–H groups in total. The lowest BCUT2D eigenvalue weighted by Crippen LogP contribution is -2.46. The van der Waals surface area contributed by atoms with Gasteiger partial charge < -0.3 is 19.9 Å². The predicted molar refractivity (Wildman–Crippen MR) is 146 cm³/mol. The summed E-state index contributed by atoms with van der Waals surface area (Å²) in [7, 11) is 1.44. The molecular weight excluding hydrogens is 464 g/mol. The Balaban J connectivity index is 1.21. The maximum atomic E-state index is 11.4. The fourth-order valence-corrected chi connectivity index (χ4v) is 4.81. The third-order valence-corrected chi connectivity index (χ3v) is 7.07. The van der Waals surface area contributed by atoms with Gasteiger partial charge in [-0.25, -0.2) is 9.97 Å². The van der Waals surface area contributed by atoms with Gasteiger partial charge in [0.1, 0.15) is 17.8 Å². The third kappa shape index (κ3) is 6.15. The zero-order chi connectivity index (χ0) is 25.6. The summed E-state index contributed by atoms with van der Waals surface area (Å²) in [6, 6.07) is 21.3. The quantitative estimate of drug-likeness (QED) is 0.329. The van der Waals surface area contributed by atoms with Crippen LogP contribution < -0.4 is 5.32 Å². The van der Waals surface area contributed by atoms with Crippen molar-refractivity contribution in [2.24, 2.45) is 0 Å². The third-order valence-electron chi connectivity index (χ3n) is 7.07. The Morgan fingerprint density at radius 2 is 1.76 bits per heavy atom. The highest BCUT2D eigenvalue weighted by Gasteiger charge is 2.18. The summed E-state index contributed by atoms with van der Waals surface area (Å²) in [5, 5.41) is 4.52. The molecule has 8 nitrogen and oxygen atoms in total. The fraction of sp³-hybridized carbons (Fsp3) is 0.345. The number of aromatic nitrogens is 3. The number of hydrogen-bond acceptors (Lipinski definition) is 7. The van der Waals surface area contributed by atoms with Crippen LogP contribution in [0.25, 0.3) is 22.3 Å². The molecule has 37 heavy (non-hydrogen) atoms. The molecule has 4 aromatic rings. The van der Waals surface area contributed by atoms with Gasteiger partial charge in [-0.05, 0) is 29.7 Å². The molecule has 3 heterocycles. The number of ether oxygens (including phenoxy) is 1. The van der Waals surface area contributed by atoms with Crippen LogP contribution in [0.4, 0.5) is 5.82 Å². The van der Waals surface area contributed by atoms with Gasteiger partial charge in [0.2, 0.25) is 0 Å². The Bertz CT molecular complexity index is 1310. The molecule has 1 saturated heterocycles. The van der Waals surface area contributed by atoms with Gasteiger partial charge in [-0.1, -0.05) is 54.6 Å². The van der Waals surface area contributed by atoms with Crippen molar-refractivity contribution >= 4 is 22.8 Å². The van der Waals surface area contributed by atoms with Gasteiger partial charge >= 0.3 is 5.97 Å². The Hall–Kier alpha value is -3.75. The topological polar surface area (TPSA) is 86.4 Å². The van der Waals surface area contributed by atoms with Crippen LogP contribution in [0.3, 0.4) is 0 Å². The number of benzene rings is 2. The minimum absolute atomic E-state index is 0.131. The summed E-state index contributed by atoms with van der Waals surface area (Å²) in [4.78, 5) is 28.6. The summed E-state index contributed by atoms with van der Waals surface area (Å²) in [6.07, 6.45) is 2.06. The minimum atomic E-state index is -0.140. The molecule has 2 aromatic carbocycles. The van der Waals surface area contributed by atoms with Crippen molar-refractivity contribution in [2.45, 2.75) is 25.9 Å². The Morgan fingerprint density at radius 1 is 1.03 bits per heavy atom. The highest BCUT2D eigenvalue weighted by atomic mass is 16.5. The summed E-state index contributed by atoms with van der Waals surface area (Å²) in [5.74, 6) is 0.685. The van der Waals surface area contributed by atoms with Crippen LogP contribution in [0.1, 0.15) is 30.5 Å². The molecule has 0 bridgehead atoms. The van der Waals surface area contributed by atoms with Crippen LogP contribution >= 0.6 is 0 Å². The number of anilines is 1. The number of carbonyl (C=O) groups is 1. The molecule has 0 radical (unpaired) electrons. The lowest BCUT2D eigenvalue weighted by molar-refractivity contribution is -0.141. The maximum absolute atomic E-state index is 11.4. The number of esters is 1. The van der Waals surface area contributed by atoms with Gasteiger partial charge in [0, 0.05) is 51.0 Å². The van der Waals surface area contributed by atoms with Crippen molar-refractivity contribution in [1.82, 2.24) is 24.8 Å². The summed E-state index contributed by atoms with van der Waals surface area (Å²) in [6.45, 7) is 7.79. The lowest BCUT2D eigenvalue weighted by atomic mass is 10.1. The van der Waals surface area contributed by atoms with Crippen molar-refractivity contribution in [1.29, 1.82) is 0 Å². The number of rotatable bonds is 9.